The minimum Gasteiger partial charge on any atom is -0.386 e. The highest BCUT2D eigenvalue weighted by Gasteiger charge is 2.63. The van der Waals surface area contributed by atoms with E-state index in [1.807, 2.05) is 0 Å². The number of rotatable bonds is 0. The highest BCUT2D eigenvalue weighted by atomic mass is 19.3. The van der Waals surface area contributed by atoms with Gasteiger partial charge in [0, 0.05) is 17.5 Å². The molecule has 0 aliphatic heterocycles. The van der Waals surface area contributed by atoms with E-state index >= 15 is 0 Å². The third-order valence-electron chi connectivity index (χ3n) is 3.38. The monoisotopic (exact) mass is 278 g/mol. The molecule has 104 valence electrons. The second-order valence-corrected chi connectivity index (χ2v) is 4.62. The molecule has 1 atom stereocenters. The Labute approximate surface area is 106 Å². The van der Waals surface area contributed by atoms with Gasteiger partial charge in [-0.1, -0.05) is 6.58 Å². The number of hydrogen-bond donors (Lipinski definition) is 1. The van der Waals surface area contributed by atoms with Crippen LogP contribution in [0.25, 0.3) is 5.57 Å². The molecule has 1 nitrogen and oxygen atoms in total. The van der Waals surface area contributed by atoms with Gasteiger partial charge >= 0.3 is 11.8 Å². The average Bonchev–Trinajstić information content (AvgIpc) is 2.27. The van der Waals surface area contributed by atoms with Gasteiger partial charge in [-0.3, -0.25) is 0 Å². The van der Waals surface area contributed by atoms with Gasteiger partial charge in [0.1, 0.15) is 11.9 Å². The van der Waals surface area contributed by atoms with Crippen molar-refractivity contribution in [1.29, 1.82) is 0 Å². The maximum atomic E-state index is 13.9. The quantitative estimate of drug-likeness (QED) is 0.718. The number of benzene rings is 1. The number of alkyl halides is 4. The summed E-state index contributed by atoms with van der Waals surface area (Å²) in [6, 6.07) is 1.33. The molecule has 1 aliphatic carbocycles. The lowest BCUT2D eigenvalue weighted by Crippen LogP contribution is -2.49. The van der Waals surface area contributed by atoms with Crippen LogP contribution in [0.15, 0.2) is 18.7 Å². The summed E-state index contributed by atoms with van der Waals surface area (Å²) in [6.07, 6.45) is -3.43. The summed E-state index contributed by atoms with van der Waals surface area (Å²) in [7, 11) is 0. The molecule has 1 N–H and O–H groups in total. The minimum absolute atomic E-state index is 0.125. The summed E-state index contributed by atoms with van der Waals surface area (Å²) < 4.78 is 68.6. The minimum atomic E-state index is -4.64. The van der Waals surface area contributed by atoms with Gasteiger partial charge in [0.2, 0.25) is 0 Å². The van der Waals surface area contributed by atoms with E-state index in [-0.39, 0.29) is 16.7 Å². The van der Waals surface area contributed by atoms with Gasteiger partial charge in [-0.05, 0) is 30.2 Å². The molecule has 0 spiro atoms. The van der Waals surface area contributed by atoms with Crippen molar-refractivity contribution in [2.75, 3.05) is 0 Å². The largest absolute Gasteiger partial charge is 0.386 e. The van der Waals surface area contributed by atoms with Crippen LogP contribution in [-0.4, -0.2) is 17.1 Å². The van der Waals surface area contributed by atoms with E-state index in [0.717, 1.165) is 6.92 Å². The van der Waals surface area contributed by atoms with E-state index in [1.54, 1.807) is 0 Å². The van der Waals surface area contributed by atoms with Crippen molar-refractivity contribution in [2.45, 2.75) is 31.3 Å². The van der Waals surface area contributed by atoms with Crippen molar-refractivity contribution in [3.63, 3.8) is 0 Å². The van der Waals surface area contributed by atoms with Gasteiger partial charge in [0.05, 0.1) is 0 Å². The second kappa shape index (κ2) is 4.03. The fourth-order valence-corrected chi connectivity index (χ4v) is 2.31. The zero-order valence-corrected chi connectivity index (χ0v) is 9.98. The van der Waals surface area contributed by atoms with Gasteiger partial charge < -0.3 is 5.11 Å². The normalized spacial score (nSPS) is 24.8. The smallest absolute Gasteiger partial charge is 0.340 e. The zero-order chi connectivity index (χ0) is 14.6. The van der Waals surface area contributed by atoms with Crippen LogP contribution >= 0.6 is 0 Å². The van der Waals surface area contributed by atoms with E-state index in [2.05, 4.69) is 6.58 Å². The molecule has 1 aromatic carbocycles. The molecule has 19 heavy (non-hydrogen) atoms. The summed E-state index contributed by atoms with van der Waals surface area (Å²) in [5, 5.41) is 9.29. The van der Waals surface area contributed by atoms with Crippen LogP contribution < -0.4 is 0 Å². The molecule has 0 aromatic heterocycles. The molecule has 6 heteroatoms. The number of fused-ring (bicyclic) bond motifs is 2. The Bertz CT molecular complexity index is 550. The van der Waals surface area contributed by atoms with E-state index in [9.17, 15) is 27.1 Å². The molecule has 0 heterocycles. The van der Waals surface area contributed by atoms with E-state index in [4.69, 9.17) is 0 Å². The molecule has 0 unspecified atom stereocenters. The average molecular weight is 278 g/mol. The fraction of sp³-hybridized carbons (Fsp3) is 0.385. The van der Waals surface area contributed by atoms with Gasteiger partial charge in [0.15, 0.2) is 0 Å². The van der Waals surface area contributed by atoms with Gasteiger partial charge in [-0.2, -0.15) is 17.6 Å². The van der Waals surface area contributed by atoms with Crippen molar-refractivity contribution in [2.24, 2.45) is 0 Å². The Balaban J connectivity index is 2.81. The highest BCUT2D eigenvalue weighted by molar-refractivity contribution is 5.69. The first kappa shape index (κ1) is 14.0. The third kappa shape index (κ3) is 1.77. The predicted molar refractivity (Wildman–Crippen MR) is 59.6 cm³/mol. The Kier molecular flexibility index (Phi) is 2.97. The van der Waals surface area contributed by atoms with Crippen LogP contribution in [0.3, 0.4) is 0 Å². The van der Waals surface area contributed by atoms with Gasteiger partial charge in [0.25, 0.3) is 0 Å². The molecule has 1 aliphatic rings. The Hall–Kier alpha value is -1.43. The van der Waals surface area contributed by atoms with Crippen LogP contribution in [0.2, 0.25) is 0 Å². The molecule has 0 amide bonds. The van der Waals surface area contributed by atoms with Crippen molar-refractivity contribution in [3.05, 3.63) is 41.2 Å². The van der Waals surface area contributed by atoms with Crippen LogP contribution in [0.5, 0.6) is 0 Å². The second-order valence-electron chi connectivity index (χ2n) is 4.62. The zero-order valence-electron chi connectivity index (χ0n) is 9.98. The lowest BCUT2D eigenvalue weighted by molar-refractivity contribution is -0.259. The van der Waals surface area contributed by atoms with E-state index in [1.165, 1.54) is 0 Å². The number of halogens is 5. The molecule has 0 saturated carbocycles. The fourth-order valence-electron chi connectivity index (χ4n) is 2.31. The van der Waals surface area contributed by atoms with E-state index in [0.29, 0.717) is 12.1 Å². The summed E-state index contributed by atoms with van der Waals surface area (Å²) in [6.45, 7) is 4.54. The molecule has 0 saturated heterocycles. The molecule has 0 fully saturated rings. The third-order valence-corrected chi connectivity index (χ3v) is 3.38. The molecule has 1 aromatic rings. The Morgan fingerprint density at radius 1 is 1.26 bits per heavy atom. The van der Waals surface area contributed by atoms with Gasteiger partial charge in [-0.25, -0.2) is 4.39 Å². The standard InChI is InChI=1S/C13H11F5O/c1-6-5-10(19)13(17,18)12(15,16)8-3-4-9(14)11(6)7(8)2/h3-4,10,19H,1,5H2,2H3/t10-/m0/s1. The van der Waals surface area contributed by atoms with Crippen molar-refractivity contribution in [1.82, 2.24) is 0 Å². The SMILES string of the molecule is C=C1C[C@H](O)C(F)(F)C(F)(F)c2ccc(F)c1c2C. The lowest BCUT2D eigenvalue weighted by Gasteiger charge is -2.34. The first-order valence-electron chi connectivity index (χ1n) is 5.52. The summed E-state index contributed by atoms with van der Waals surface area (Å²) in [4.78, 5) is 0. The predicted octanol–water partition coefficient (Wildman–Crippen LogP) is 3.64. The van der Waals surface area contributed by atoms with Crippen LogP contribution in [0, 0.1) is 12.7 Å². The van der Waals surface area contributed by atoms with Crippen LogP contribution in [0.1, 0.15) is 23.1 Å². The Morgan fingerprint density at radius 3 is 2.42 bits per heavy atom. The topological polar surface area (TPSA) is 20.2 Å². The molecular weight excluding hydrogens is 267 g/mol. The number of hydrogen-bond acceptors (Lipinski definition) is 1. The highest BCUT2D eigenvalue weighted by Crippen LogP contribution is 2.50. The van der Waals surface area contributed by atoms with Crippen LogP contribution in [-0.2, 0) is 5.92 Å². The first-order chi connectivity index (χ1) is 8.60. The summed E-state index contributed by atoms with van der Waals surface area (Å²) in [5.41, 5.74) is -1.62. The molecular formula is C13H11F5O. The van der Waals surface area contributed by atoms with E-state index < -0.39 is 35.8 Å². The molecule has 0 radical (unpaired) electrons. The number of aliphatic hydroxyl groups excluding tert-OH is 1. The van der Waals surface area contributed by atoms with Crippen LogP contribution in [0.4, 0.5) is 22.0 Å². The van der Waals surface area contributed by atoms with Crippen molar-refractivity contribution in [3.8, 4) is 0 Å². The van der Waals surface area contributed by atoms with Crippen molar-refractivity contribution < 1.29 is 27.1 Å². The number of aliphatic hydroxyl groups is 1. The van der Waals surface area contributed by atoms with Gasteiger partial charge in [-0.15, -0.1) is 0 Å². The van der Waals surface area contributed by atoms with Crippen molar-refractivity contribution >= 4 is 5.57 Å². The summed E-state index contributed by atoms with van der Waals surface area (Å²) >= 11 is 0. The first-order valence-corrected chi connectivity index (χ1v) is 5.52. The maximum absolute atomic E-state index is 13.9. The lowest BCUT2D eigenvalue weighted by atomic mass is 9.83. The molecule has 2 rings (SSSR count). The Morgan fingerprint density at radius 2 is 1.84 bits per heavy atom. The summed E-state index contributed by atoms with van der Waals surface area (Å²) in [5.74, 6) is -10.0. The maximum Gasteiger partial charge on any atom is 0.340 e. The molecule has 2 bridgehead atoms.